The Morgan fingerprint density at radius 2 is 1.15 bits per heavy atom. The second-order valence-electron chi connectivity index (χ2n) is 7.03. The molecule has 20 heavy (non-hydrogen) atoms. The van der Waals surface area contributed by atoms with Crippen LogP contribution in [0.3, 0.4) is 0 Å². The molecule has 120 valence electrons. The van der Waals surface area contributed by atoms with Crippen molar-refractivity contribution < 1.29 is 9.59 Å². The Kier molecular flexibility index (Phi) is 12.8. The minimum Gasteiger partial charge on any atom is -0.356 e. The molecule has 0 aromatic carbocycles. The highest BCUT2D eigenvalue weighted by atomic mass is 16.1. The molecule has 0 aliphatic heterocycles. The first-order valence-corrected chi connectivity index (χ1v) is 7.85. The molecule has 1 amide bonds. The second-order valence-corrected chi connectivity index (χ2v) is 7.03. The zero-order chi connectivity index (χ0) is 16.3. The number of amides is 1. The number of carbonyl (C=O) groups excluding carboxylic acids is 2. The zero-order valence-corrected chi connectivity index (χ0v) is 14.7. The maximum absolute atomic E-state index is 11.1. The summed E-state index contributed by atoms with van der Waals surface area (Å²) in [6.07, 6.45) is 1.50. The van der Waals surface area contributed by atoms with E-state index in [0.29, 0.717) is 23.5 Å². The maximum Gasteiger partial charge on any atom is 0.222 e. The van der Waals surface area contributed by atoms with Gasteiger partial charge in [0.2, 0.25) is 5.91 Å². The van der Waals surface area contributed by atoms with Crippen LogP contribution in [0.1, 0.15) is 68.2 Å². The lowest BCUT2D eigenvalue weighted by atomic mass is 10.00. The Hall–Kier alpha value is -0.860. The second kappa shape index (κ2) is 11.9. The van der Waals surface area contributed by atoms with Crippen LogP contribution in [0, 0.1) is 23.7 Å². The minimum absolute atomic E-state index is 0.110. The van der Waals surface area contributed by atoms with Crippen molar-refractivity contribution in [1.82, 2.24) is 5.32 Å². The lowest BCUT2D eigenvalue weighted by Crippen LogP contribution is -2.30. The summed E-state index contributed by atoms with van der Waals surface area (Å²) in [5.41, 5.74) is 0. The van der Waals surface area contributed by atoms with Crippen LogP contribution in [0.5, 0.6) is 0 Å². The average molecular weight is 285 g/mol. The van der Waals surface area contributed by atoms with Crippen LogP contribution < -0.4 is 5.32 Å². The highest BCUT2D eigenvalue weighted by Gasteiger charge is 2.06. The molecule has 0 bridgehead atoms. The number of rotatable bonds is 7. The summed E-state index contributed by atoms with van der Waals surface area (Å²) in [5, 5.41) is 2.84. The van der Waals surface area contributed by atoms with Gasteiger partial charge in [0, 0.05) is 25.3 Å². The lowest BCUT2D eigenvalue weighted by molar-refractivity contribution is -0.124. The average Bonchev–Trinajstić information content (AvgIpc) is 2.23. The van der Waals surface area contributed by atoms with Crippen molar-refractivity contribution in [2.75, 3.05) is 6.54 Å². The van der Waals surface area contributed by atoms with Gasteiger partial charge in [-0.2, -0.15) is 0 Å². The van der Waals surface area contributed by atoms with E-state index in [2.05, 4.69) is 46.9 Å². The van der Waals surface area contributed by atoms with Crippen LogP contribution in [-0.4, -0.2) is 18.2 Å². The Bertz CT molecular complexity index is 256. The summed E-state index contributed by atoms with van der Waals surface area (Å²) in [4.78, 5) is 22.0. The summed E-state index contributed by atoms with van der Waals surface area (Å²) in [7, 11) is 0. The third kappa shape index (κ3) is 17.1. The number of Topliss-reactive ketones (excluding diaryl/α,β-unsaturated/α-hetero) is 1. The topological polar surface area (TPSA) is 46.2 Å². The molecule has 0 saturated heterocycles. The van der Waals surface area contributed by atoms with E-state index in [0.717, 1.165) is 19.4 Å². The molecule has 0 aliphatic rings. The zero-order valence-electron chi connectivity index (χ0n) is 14.7. The molecular weight excluding hydrogens is 250 g/mol. The van der Waals surface area contributed by atoms with E-state index in [1.165, 1.54) is 0 Å². The summed E-state index contributed by atoms with van der Waals surface area (Å²) in [5.74, 6) is 2.25. The Morgan fingerprint density at radius 3 is 1.40 bits per heavy atom. The molecule has 3 heteroatoms. The van der Waals surface area contributed by atoms with Gasteiger partial charge in [0.15, 0.2) is 0 Å². The highest BCUT2D eigenvalue weighted by Crippen LogP contribution is 2.07. The molecule has 0 unspecified atom stereocenters. The van der Waals surface area contributed by atoms with Gasteiger partial charge in [-0.25, -0.2) is 0 Å². The summed E-state index contributed by atoms with van der Waals surface area (Å²) in [6, 6.07) is 0. The molecule has 0 rings (SSSR count). The van der Waals surface area contributed by atoms with Gasteiger partial charge in [-0.1, -0.05) is 55.4 Å². The predicted molar refractivity (Wildman–Crippen MR) is 86.6 cm³/mol. The SMILES string of the molecule is CC(C)CC(=O)CC(C)C.CC(C)CNC(=O)C(C)C. The Morgan fingerprint density at radius 1 is 0.750 bits per heavy atom. The van der Waals surface area contributed by atoms with Crippen molar-refractivity contribution in [3.8, 4) is 0 Å². The van der Waals surface area contributed by atoms with E-state index in [9.17, 15) is 9.59 Å². The Balaban J connectivity index is 0. The third-order valence-corrected chi connectivity index (χ3v) is 2.48. The first-order valence-electron chi connectivity index (χ1n) is 7.85. The van der Waals surface area contributed by atoms with Crippen molar-refractivity contribution in [3.05, 3.63) is 0 Å². The molecular formula is C17H35NO2. The van der Waals surface area contributed by atoms with Gasteiger partial charge in [0.05, 0.1) is 0 Å². The molecule has 0 aliphatic carbocycles. The van der Waals surface area contributed by atoms with Gasteiger partial charge < -0.3 is 5.32 Å². The van der Waals surface area contributed by atoms with E-state index in [4.69, 9.17) is 0 Å². The first kappa shape index (κ1) is 21.4. The van der Waals surface area contributed by atoms with E-state index in [1.54, 1.807) is 0 Å². The summed E-state index contributed by atoms with van der Waals surface area (Å²) in [6.45, 7) is 17.1. The van der Waals surface area contributed by atoms with Crippen LogP contribution in [-0.2, 0) is 9.59 Å². The van der Waals surface area contributed by atoms with Crippen LogP contribution in [0.4, 0.5) is 0 Å². The van der Waals surface area contributed by atoms with Crippen LogP contribution in [0.25, 0.3) is 0 Å². The number of hydrogen-bond donors (Lipinski definition) is 1. The molecule has 0 fully saturated rings. The fourth-order valence-corrected chi connectivity index (χ4v) is 1.50. The van der Waals surface area contributed by atoms with Gasteiger partial charge in [0.1, 0.15) is 5.78 Å². The normalized spacial score (nSPS) is 10.8. The highest BCUT2D eigenvalue weighted by molar-refractivity contribution is 5.78. The molecule has 0 radical (unpaired) electrons. The smallest absolute Gasteiger partial charge is 0.222 e. The van der Waals surface area contributed by atoms with Crippen molar-refractivity contribution in [2.45, 2.75) is 68.2 Å². The van der Waals surface area contributed by atoms with Gasteiger partial charge >= 0.3 is 0 Å². The minimum atomic E-state index is 0.110. The number of carbonyl (C=O) groups is 2. The molecule has 0 aromatic rings. The molecule has 3 nitrogen and oxygen atoms in total. The van der Waals surface area contributed by atoms with E-state index in [1.807, 2.05) is 13.8 Å². The molecule has 0 atom stereocenters. The van der Waals surface area contributed by atoms with Crippen molar-refractivity contribution >= 4 is 11.7 Å². The largest absolute Gasteiger partial charge is 0.356 e. The maximum atomic E-state index is 11.1. The fourth-order valence-electron chi connectivity index (χ4n) is 1.50. The summed E-state index contributed by atoms with van der Waals surface area (Å²) >= 11 is 0. The number of hydrogen-bond acceptors (Lipinski definition) is 2. The van der Waals surface area contributed by atoms with Gasteiger partial charge in [0.25, 0.3) is 0 Å². The van der Waals surface area contributed by atoms with Gasteiger partial charge in [-0.3, -0.25) is 9.59 Å². The van der Waals surface area contributed by atoms with Crippen LogP contribution in [0.15, 0.2) is 0 Å². The summed E-state index contributed by atoms with van der Waals surface area (Å²) < 4.78 is 0. The molecule has 1 N–H and O–H groups in total. The molecule has 0 spiro atoms. The van der Waals surface area contributed by atoms with E-state index >= 15 is 0 Å². The van der Waals surface area contributed by atoms with Crippen molar-refractivity contribution in [2.24, 2.45) is 23.7 Å². The molecule has 0 aromatic heterocycles. The Labute approximate surface area is 125 Å². The number of nitrogens with one attached hydrogen (secondary N) is 1. The predicted octanol–water partition coefficient (Wildman–Crippen LogP) is 4.06. The van der Waals surface area contributed by atoms with E-state index in [-0.39, 0.29) is 11.8 Å². The molecule has 0 saturated carbocycles. The van der Waals surface area contributed by atoms with Crippen LogP contribution in [0.2, 0.25) is 0 Å². The fraction of sp³-hybridized carbons (Fsp3) is 0.882. The monoisotopic (exact) mass is 285 g/mol. The first-order chi connectivity index (χ1) is 9.06. The number of ketones is 1. The van der Waals surface area contributed by atoms with Crippen LogP contribution >= 0.6 is 0 Å². The standard InChI is InChI=1S/C9H18O.C8H17NO/c1-7(2)5-9(10)6-8(3)4;1-6(2)5-9-8(10)7(3)4/h7-8H,5-6H2,1-4H3;6-7H,5H2,1-4H3,(H,9,10). The third-order valence-electron chi connectivity index (χ3n) is 2.48. The lowest BCUT2D eigenvalue weighted by Gasteiger charge is -2.08. The molecule has 0 heterocycles. The quantitative estimate of drug-likeness (QED) is 0.766. The van der Waals surface area contributed by atoms with Crippen molar-refractivity contribution in [3.63, 3.8) is 0 Å². The van der Waals surface area contributed by atoms with Gasteiger partial charge in [-0.15, -0.1) is 0 Å². The van der Waals surface area contributed by atoms with Gasteiger partial charge in [-0.05, 0) is 17.8 Å². The van der Waals surface area contributed by atoms with E-state index < -0.39 is 0 Å². The van der Waals surface area contributed by atoms with Crippen molar-refractivity contribution in [1.29, 1.82) is 0 Å².